The fourth-order valence-corrected chi connectivity index (χ4v) is 2.47. The predicted octanol–water partition coefficient (Wildman–Crippen LogP) is 2.01. The molecule has 0 spiro atoms. The predicted molar refractivity (Wildman–Crippen MR) is 103 cm³/mol. The molecule has 0 amide bonds. The molecule has 0 atom stereocenters. The molecule has 1 aromatic carbocycles. The molecule has 0 saturated heterocycles. The van der Waals surface area contributed by atoms with Gasteiger partial charge in [-0.2, -0.15) is 5.10 Å². The maximum atomic E-state index is 11.5. The summed E-state index contributed by atoms with van der Waals surface area (Å²) in [7, 11) is 1.26. The maximum Gasteiger partial charge on any atom is 0.353 e. The third kappa shape index (κ3) is 4.06. The number of nitrogens with one attached hydrogen (secondary N) is 1. The van der Waals surface area contributed by atoms with Crippen LogP contribution >= 0.6 is 0 Å². The van der Waals surface area contributed by atoms with Gasteiger partial charge in [-0.1, -0.05) is 6.07 Å². The smallest absolute Gasteiger partial charge is 0.353 e. The van der Waals surface area contributed by atoms with Crippen molar-refractivity contribution in [1.82, 2.24) is 10.4 Å². The Labute approximate surface area is 159 Å². The lowest BCUT2D eigenvalue weighted by Gasteiger charge is -2.07. The Hall–Kier alpha value is -3.95. The lowest BCUT2D eigenvalue weighted by atomic mass is 10.0. The molecule has 0 fully saturated rings. The fraction of sp³-hybridized carbons (Fsp3) is 0.167. The summed E-state index contributed by atoms with van der Waals surface area (Å²) in [5.41, 5.74) is 4.75. The van der Waals surface area contributed by atoms with Crippen LogP contribution in [0.1, 0.15) is 18.2 Å². The maximum absolute atomic E-state index is 11.5. The highest BCUT2D eigenvalue weighted by atomic mass is 16.6. The number of non-ortho nitro benzene ring substituents is 1. The zero-order valence-corrected chi connectivity index (χ0v) is 15.1. The van der Waals surface area contributed by atoms with Crippen LogP contribution in [0.25, 0.3) is 0 Å². The van der Waals surface area contributed by atoms with Gasteiger partial charge >= 0.3 is 5.97 Å². The Morgan fingerprint density at radius 3 is 2.82 bits per heavy atom. The highest BCUT2D eigenvalue weighted by Crippen LogP contribution is 2.28. The van der Waals surface area contributed by atoms with Gasteiger partial charge in [-0.15, -0.1) is 0 Å². The second kappa shape index (κ2) is 8.16. The molecule has 2 aromatic rings. The minimum absolute atomic E-state index is 0.0754. The summed E-state index contributed by atoms with van der Waals surface area (Å²) in [6, 6.07) is 9.65. The number of ether oxygens (including phenoxy) is 1. The molecule has 28 heavy (non-hydrogen) atoms. The number of carbonyl (C=O) groups excluding carboxylic acids is 1. The number of nitrogens with zero attached hydrogens (tertiary/aromatic N) is 5. The van der Waals surface area contributed by atoms with Crippen molar-refractivity contribution in [2.75, 3.05) is 13.7 Å². The summed E-state index contributed by atoms with van der Waals surface area (Å²) in [6.07, 6.45) is 1.61. The van der Waals surface area contributed by atoms with Gasteiger partial charge in [0.1, 0.15) is 11.5 Å². The highest BCUT2D eigenvalue weighted by Gasteiger charge is 2.20. The standard InChI is InChI=1S/C18H16N6O4/c1-11(18(25)28-2)22-23-16-10-20-17(15-5-3-4-8-19-15)13-9-12(24(26)27)6-7-14(13)21-16/h3-9H,10H2,1-2H3,(H,21,23). The Morgan fingerprint density at radius 2 is 2.14 bits per heavy atom. The Morgan fingerprint density at radius 1 is 1.32 bits per heavy atom. The van der Waals surface area contributed by atoms with Crippen LogP contribution in [0.15, 0.2) is 57.7 Å². The van der Waals surface area contributed by atoms with E-state index in [1.54, 1.807) is 24.4 Å². The zero-order chi connectivity index (χ0) is 20.1. The SMILES string of the molecule is COC(=O)C(C)=NNC1=Nc2ccc([N+](=O)[O-])cc2C(c2ccccn2)=NC1. The molecule has 2 heterocycles. The van der Waals surface area contributed by atoms with E-state index in [0.29, 0.717) is 28.5 Å². The number of pyridine rings is 1. The topological polar surface area (TPSA) is 131 Å². The minimum atomic E-state index is -0.574. The lowest BCUT2D eigenvalue weighted by Crippen LogP contribution is -2.24. The number of nitro benzene ring substituents is 1. The van der Waals surface area contributed by atoms with E-state index in [1.165, 1.54) is 32.2 Å². The largest absolute Gasteiger partial charge is 0.464 e. The van der Waals surface area contributed by atoms with E-state index in [9.17, 15) is 14.9 Å². The molecular formula is C18H16N6O4. The van der Waals surface area contributed by atoms with Crippen molar-refractivity contribution in [3.8, 4) is 0 Å². The first-order valence-electron chi connectivity index (χ1n) is 8.20. The third-order valence-electron chi connectivity index (χ3n) is 3.83. The quantitative estimate of drug-likeness (QED) is 0.373. The van der Waals surface area contributed by atoms with Gasteiger partial charge in [-0.3, -0.25) is 25.5 Å². The molecule has 0 radical (unpaired) electrons. The average Bonchev–Trinajstić information content (AvgIpc) is 2.90. The van der Waals surface area contributed by atoms with E-state index < -0.39 is 10.9 Å². The monoisotopic (exact) mass is 380 g/mol. The number of benzene rings is 1. The molecular weight excluding hydrogens is 364 g/mol. The van der Waals surface area contributed by atoms with Gasteiger partial charge in [0.05, 0.1) is 35.7 Å². The number of nitro groups is 1. The first kappa shape index (κ1) is 18.8. The molecule has 10 nitrogen and oxygen atoms in total. The molecule has 10 heteroatoms. The Bertz CT molecular complexity index is 1010. The molecule has 1 aromatic heterocycles. The summed E-state index contributed by atoms with van der Waals surface area (Å²) in [5, 5.41) is 15.1. The molecule has 0 aliphatic carbocycles. The van der Waals surface area contributed by atoms with Gasteiger partial charge < -0.3 is 4.74 Å². The van der Waals surface area contributed by atoms with Crippen molar-refractivity contribution in [1.29, 1.82) is 0 Å². The number of esters is 1. The number of methoxy groups -OCH3 is 1. The molecule has 1 N–H and O–H groups in total. The van der Waals surface area contributed by atoms with E-state index in [2.05, 4.69) is 30.2 Å². The number of fused-ring (bicyclic) bond motifs is 1. The summed E-state index contributed by atoms with van der Waals surface area (Å²) in [4.78, 5) is 35.4. The third-order valence-corrected chi connectivity index (χ3v) is 3.83. The van der Waals surface area contributed by atoms with Gasteiger partial charge in [-0.25, -0.2) is 9.79 Å². The zero-order valence-electron chi connectivity index (χ0n) is 15.1. The van der Waals surface area contributed by atoms with Crippen molar-refractivity contribution in [3.63, 3.8) is 0 Å². The van der Waals surface area contributed by atoms with Crippen LogP contribution < -0.4 is 5.43 Å². The van der Waals surface area contributed by atoms with Crippen LogP contribution in [-0.4, -0.2) is 46.8 Å². The summed E-state index contributed by atoms with van der Waals surface area (Å²) in [6.45, 7) is 1.61. The number of hydrogen-bond acceptors (Lipinski definition) is 9. The van der Waals surface area contributed by atoms with Crippen LogP contribution in [0, 0.1) is 10.1 Å². The van der Waals surface area contributed by atoms with Crippen LogP contribution in [0.4, 0.5) is 11.4 Å². The molecule has 0 unspecified atom stereocenters. The van der Waals surface area contributed by atoms with Gasteiger partial charge in [0.2, 0.25) is 0 Å². The van der Waals surface area contributed by atoms with Crippen molar-refractivity contribution >= 4 is 34.6 Å². The van der Waals surface area contributed by atoms with Crippen LogP contribution in [-0.2, 0) is 9.53 Å². The Balaban J connectivity index is 2.04. The van der Waals surface area contributed by atoms with Crippen molar-refractivity contribution < 1.29 is 14.5 Å². The second-order valence-electron chi connectivity index (χ2n) is 5.70. The van der Waals surface area contributed by atoms with E-state index in [1.807, 2.05) is 0 Å². The summed E-state index contributed by atoms with van der Waals surface area (Å²) < 4.78 is 4.59. The second-order valence-corrected chi connectivity index (χ2v) is 5.70. The fourth-order valence-electron chi connectivity index (χ4n) is 2.47. The number of carbonyl (C=O) groups is 1. The minimum Gasteiger partial charge on any atom is -0.464 e. The summed E-state index contributed by atoms with van der Waals surface area (Å²) >= 11 is 0. The normalized spacial score (nSPS) is 13.6. The number of aliphatic imine (C=N–C) groups is 2. The van der Waals surface area contributed by atoms with Gasteiger partial charge in [-0.05, 0) is 25.1 Å². The number of hydrazone groups is 1. The van der Waals surface area contributed by atoms with E-state index in [-0.39, 0.29) is 17.9 Å². The molecule has 1 aliphatic rings. The van der Waals surface area contributed by atoms with Crippen molar-refractivity contribution in [3.05, 3.63) is 64.0 Å². The lowest BCUT2D eigenvalue weighted by molar-refractivity contribution is -0.384. The average molecular weight is 380 g/mol. The van der Waals surface area contributed by atoms with E-state index in [4.69, 9.17) is 0 Å². The van der Waals surface area contributed by atoms with Crippen LogP contribution in [0.5, 0.6) is 0 Å². The summed E-state index contributed by atoms with van der Waals surface area (Å²) in [5.74, 6) is -0.209. The number of hydrogen-bond donors (Lipinski definition) is 1. The number of aromatic nitrogens is 1. The molecule has 0 bridgehead atoms. The molecule has 3 rings (SSSR count). The Kier molecular flexibility index (Phi) is 5.49. The number of rotatable bonds is 4. The molecule has 0 saturated carbocycles. The van der Waals surface area contributed by atoms with Gasteiger partial charge in [0.25, 0.3) is 5.69 Å². The number of amidine groups is 1. The van der Waals surface area contributed by atoms with E-state index in [0.717, 1.165) is 0 Å². The van der Waals surface area contributed by atoms with Crippen LogP contribution in [0.3, 0.4) is 0 Å². The van der Waals surface area contributed by atoms with Crippen molar-refractivity contribution in [2.24, 2.45) is 15.1 Å². The first-order valence-corrected chi connectivity index (χ1v) is 8.20. The van der Waals surface area contributed by atoms with Crippen molar-refractivity contribution in [2.45, 2.75) is 6.92 Å². The van der Waals surface area contributed by atoms with Crippen LogP contribution in [0.2, 0.25) is 0 Å². The van der Waals surface area contributed by atoms with Gasteiger partial charge in [0.15, 0.2) is 0 Å². The first-order chi connectivity index (χ1) is 13.5. The highest BCUT2D eigenvalue weighted by molar-refractivity contribution is 6.35. The molecule has 142 valence electrons. The molecule has 1 aliphatic heterocycles. The van der Waals surface area contributed by atoms with E-state index >= 15 is 0 Å². The van der Waals surface area contributed by atoms with Gasteiger partial charge in [0, 0.05) is 23.9 Å².